The molecule has 1 N–H and O–H groups in total. The number of rotatable bonds is 8. The van der Waals surface area contributed by atoms with E-state index in [1.165, 1.54) is 17.7 Å². The summed E-state index contributed by atoms with van der Waals surface area (Å²) >= 11 is 1.30. The van der Waals surface area contributed by atoms with E-state index in [1.807, 2.05) is 27.7 Å². The van der Waals surface area contributed by atoms with Gasteiger partial charge in [-0.25, -0.2) is 19.6 Å². The fraction of sp³-hybridized carbons (Fsp3) is 0.364. The number of esters is 2. The van der Waals surface area contributed by atoms with Crippen LogP contribution in [0.25, 0.3) is 10.2 Å². The average molecular weight is 428 g/mol. The van der Waals surface area contributed by atoms with Crippen molar-refractivity contribution in [1.29, 1.82) is 0 Å². The topological polar surface area (TPSA) is 90.4 Å². The molecule has 3 rings (SSSR count). The molecule has 0 amide bonds. The average Bonchev–Trinajstić information content (AvgIpc) is 3.08. The molecule has 0 aliphatic heterocycles. The summed E-state index contributed by atoms with van der Waals surface area (Å²) in [6.07, 6.45) is 2.24. The third-order valence-electron chi connectivity index (χ3n) is 4.28. The van der Waals surface area contributed by atoms with E-state index in [4.69, 9.17) is 9.47 Å². The van der Waals surface area contributed by atoms with Crippen molar-refractivity contribution < 1.29 is 19.1 Å². The van der Waals surface area contributed by atoms with Crippen LogP contribution >= 0.6 is 11.3 Å². The van der Waals surface area contributed by atoms with Crippen LogP contribution in [0.4, 0.5) is 11.5 Å². The van der Waals surface area contributed by atoms with Crippen molar-refractivity contribution in [3.63, 3.8) is 0 Å². The zero-order chi connectivity index (χ0) is 21.7. The molecule has 3 aromatic rings. The number of nitrogens with zero attached hydrogens (tertiary/aromatic N) is 2. The Balaban J connectivity index is 1.83. The van der Waals surface area contributed by atoms with Crippen molar-refractivity contribution in [3.8, 4) is 0 Å². The van der Waals surface area contributed by atoms with Crippen LogP contribution < -0.4 is 5.32 Å². The molecule has 0 saturated carbocycles. The van der Waals surface area contributed by atoms with Crippen LogP contribution in [0.5, 0.6) is 0 Å². The molecule has 8 heteroatoms. The van der Waals surface area contributed by atoms with Crippen LogP contribution in [0.1, 0.15) is 52.8 Å². The lowest BCUT2D eigenvalue weighted by Crippen LogP contribution is -2.09. The van der Waals surface area contributed by atoms with Gasteiger partial charge in [0.1, 0.15) is 21.9 Å². The zero-order valence-corrected chi connectivity index (χ0v) is 18.3. The maximum atomic E-state index is 12.5. The first-order valence-electron chi connectivity index (χ1n) is 9.86. The molecule has 0 unspecified atom stereocenters. The molecule has 0 radical (unpaired) electrons. The van der Waals surface area contributed by atoms with Crippen molar-refractivity contribution in [1.82, 2.24) is 9.97 Å². The Kier molecular flexibility index (Phi) is 6.99. The van der Waals surface area contributed by atoms with E-state index in [2.05, 4.69) is 15.3 Å². The molecule has 1 aromatic carbocycles. The van der Waals surface area contributed by atoms with Crippen molar-refractivity contribution in [2.75, 3.05) is 18.5 Å². The van der Waals surface area contributed by atoms with E-state index in [0.717, 1.165) is 23.1 Å². The number of hydrogen-bond donors (Lipinski definition) is 1. The minimum absolute atomic E-state index is 0.267. The molecule has 0 bridgehead atoms. The lowest BCUT2D eigenvalue weighted by Gasteiger charge is -2.09. The number of aryl methyl sites for hydroxylation is 1. The summed E-state index contributed by atoms with van der Waals surface area (Å²) in [6.45, 7) is 8.57. The van der Waals surface area contributed by atoms with Crippen molar-refractivity contribution in [2.24, 2.45) is 5.92 Å². The molecule has 2 aromatic heterocycles. The van der Waals surface area contributed by atoms with Gasteiger partial charge in [-0.1, -0.05) is 20.8 Å². The van der Waals surface area contributed by atoms with E-state index in [0.29, 0.717) is 34.3 Å². The third kappa shape index (κ3) is 4.94. The predicted molar refractivity (Wildman–Crippen MR) is 118 cm³/mol. The summed E-state index contributed by atoms with van der Waals surface area (Å²) in [6, 6.07) is 6.98. The van der Waals surface area contributed by atoms with Crippen LogP contribution in [-0.4, -0.2) is 35.1 Å². The number of hydrogen-bond acceptors (Lipinski definition) is 8. The highest BCUT2D eigenvalue weighted by molar-refractivity contribution is 7.20. The minimum atomic E-state index is -0.343. The summed E-state index contributed by atoms with van der Waals surface area (Å²) in [7, 11) is 0. The van der Waals surface area contributed by atoms with Gasteiger partial charge in [-0.3, -0.25) is 0 Å². The Labute approximate surface area is 179 Å². The Hall–Kier alpha value is -3.00. The molecule has 0 saturated heterocycles. The molecule has 0 spiro atoms. The molecular weight excluding hydrogens is 402 g/mol. The third-order valence-corrected chi connectivity index (χ3v) is 5.46. The van der Waals surface area contributed by atoms with Crippen LogP contribution in [0.3, 0.4) is 0 Å². The Morgan fingerprint density at radius 2 is 1.83 bits per heavy atom. The summed E-state index contributed by atoms with van der Waals surface area (Å²) in [5.74, 6) is 0.178. The van der Waals surface area contributed by atoms with Gasteiger partial charge in [-0.05, 0) is 49.1 Å². The van der Waals surface area contributed by atoms with Gasteiger partial charge >= 0.3 is 11.9 Å². The van der Waals surface area contributed by atoms with Gasteiger partial charge in [0.25, 0.3) is 0 Å². The van der Waals surface area contributed by atoms with E-state index in [1.54, 1.807) is 24.3 Å². The standard InChI is InChI=1S/C22H25N3O4S/c1-5-10-28-21(26)15-6-8-16(9-7-15)25-19-17-14(4)18(22(27)29-11-13(2)3)30-20(17)24-12-23-19/h6-9,12-13H,5,10-11H2,1-4H3,(H,23,24,25). The number of nitrogens with one attached hydrogen (secondary N) is 1. The molecule has 0 fully saturated rings. The Bertz CT molecular complexity index is 1040. The van der Waals surface area contributed by atoms with Crippen LogP contribution in [0, 0.1) is 12.8 Å². The van der Waals surface area contributed by atoms with Gasteiger partial charge < -0.3 is 14.8 Å². The van der Waals surface area contributed by atoms with Gasteiger partial charge in [0.05, 0.1) is 24.2 Å². The first kappa shape index (κ1) is 21.7. The fourth-order valence-electron chi connectivity index (χ4n) is 2.77. The van der Waals surface area contributed by atoms with Gasteiger partial charge in [-0.2, -0.15) is 0 Å². The van der Waals surface area contributed by atoms with Crippen molar-refractivity contribution >= 4 is 45.0 Å². The van der Waals surface area contributed by atoms with Gasteiger partial charge in [0, 0.05) is 5.69 Å². The second-order valence-electron chi connectivity index (χ2n) is 7.29. The smallest absolute Gasteiger partial charge is 0.348 e. The maximum Gasteiger partial charge on any atom is 0.348 e. The van der Waals surface area contributed by atoms with E-state index in [-0.39, 0.29) is 17.9 Å². The van der Waals surface area contributed by atoms with Crippen molar-refractivity contribution in [3.05, 3.63) is 46.6 Å². The molecule has 7 nitrogen and oxygen atoms in total. The number of aromatic nitrogens is 2. The largest absolute Gasteiger partial charge is 0.462 e. The molecule has 0 atom stereocenters. The molecular formula is C22H25N3O4S. The van der Waals surface area contributed by atoms with Crippen LogP contribution in [-0.2, 0) is 9.47 Å². The molecule has 0 aliphatic rings. The van der Waals surface area contributed by atoms with E-state index < -0.39 is 0 Å². The van der Waals surface area contributed by atoms with E-state index >= 15 is 0 Å². The van der Waals surface area contributed by atoms with Crippen LogP contribution in [0.2, 0.25) is 0 Å². The van der Waals surface area contributed by atoms with Crippen molar-refractivity contribution in [2.45, 2.75) is 34.1 Å². The molecule has 30 heavy (non-hydrogen) atoms. The number of carbonyl (C=O) groups is 2. The van der Waals surface area contributed by atoms with Gasteiger partial charge in [-0.15, -0.1) is 11.3 Å². The lowest BCUT2D eigenvalue weighted by atomic mass is 10.2. The number of carbonyl (C=O) groups excluding carboxylic acids is 2. The highest BCUT2D eigenvalue weighted by Gasteiger charge is 2.21. The van der Waals surface area contributed by atoms with E-state index in [9.17, 15) is 9.59 Å². The SMILES string of the molecule is CCCOC(=O)c1ccc(Nc2ncnc3sc(C(=O)OCC(C)C)c(C)c23)cc1. The normalized spacial score (nSPS) is 11.0. The van der Waals surface area contributed by atoms with Gasteiger partial charge in [0.15, 0.2) is 0 Å². The highest BCUT2D eigenvalue weighted by atomic mass is 32.1. The number of ether oxygens (including phenoxy) is 2. The number of anilines is 2. The predicted octanol–water partition coefficient (Wildman–Crippen LogP) is 5.12. The summed E-state index contributed by atoms with van der Waals surface area (Å²) in [4.78, 5) is 34.3. The first-order valence-corrected chi connectivity index (χ1v) is 10.7. The molecule has 158 valence electrons. The molecule has 0 aliphatic carbocycles. The zero-order valence-electron chi connectivity index (χ0n) is 17.5. The summed E-state index contributed by atoms with van der Waals surface area (Å²) in [5.41, 5.74) is 2.03. The molecule has 2 heterocycles. The monoisotopic (exact) mass is 427 g/mol. The highest BCUT2D eigenvalue weighted by Crippen LogP contribution is 2.34. The fourth-order valence-corrected chi connectivity index (χ4v) is 3.82. The van der Waals surface area contributed by atoms with Crippen LogP contribution in [0.15, 0.2) is 30.6 Å². The minimum Gasteiger partial charge on any atom is -0.462 e. The number of benzene rings is 1. The lowest BCUT2D eigenvalue weighted by molar-refractivity contribution is 0.0462. The summed E-state index contributed by atoms with van der Waals surface area (Å²) < 4.78 is 10.5. The Morgan fingerprint density at radius 3 is 2.50 bits per heavy atom. The van der Waals surface area contributed by atoms with Gasteiger partial charge in [0.2, 0.25) is 0 Å². The second-order valence-corrected chi connectivity index (χ2v) is 8.29. The number of thiophene rings is 1. The second kappa shape index (κ2) is 9.67. The quantitative estimate of drug-likeness (QED) is 0.499. The Morgan fingerprint density at radius 1 is 1.10 bits per heavy atom. The summed E-state index contributed by atoms with van der Waals surface area (Å²) in [5, 5.41) is 4.03. The maximum absolute atomic E-state index is 12.5. The number of fused-ring (bicyclic) bond motifs is 1. The first-order chi connectivity index (χ1) is 14.4.